The first-order valence-electron chi connectivity index (χ1n) is 7.21. The van der Waals surface area contributed by atoms with E-state index < -0.39 is 0 Å². The van der Waals surface area contributed by atoms with Gasteiger partial charge in [0.05, 0.1) is 17.7 Å². The van der Waals surface area contributed by atoms with E-state index in [1.807, 2.05) is 18.2 Å². The zero-order valence-corrected chi connectivity index (χ0v) is 13.0. The Labute approximate surface area is 126 Å². The summed E-state index contributed by atoms with van der Waals surface area (Å²) in [6, 6.07) is 8.34. The van der Waals surface area contributed by atoms with Crippen molar-refractivity contribution in [2.75, 3.05) is 13.2 Å². The first-order chi connectivity index (χ1) is 9.69. The summed E-state index contributed by atoms with van der Waals surface area (Å²) in [7, 11) is 0. The molecule has 1 unspecified atom stereocenters. The molecular weight excluding hydrogens is 272 g/mol. The number of hydrogen-bond donors (Lipinski definition) is 1. The summed E-state index contributed by atoms with van der Waals surface area (Å²) in [5.74, 6) is 0.718. The van der Waals surface area contributed by atoms with Crippen LogP contribution in [0.15, 0.2) is 18.2 Å². The average Bonchev–Trinajstić information content (AvgIpc) is 2.46. The predicted octanol–water partition coefficient (Wildman–Crippen LogP) is 4.47. The number of halogens is 1. The van der Waals surface area contributed by atoms with Crippen LogP contribution < -0.4 is 10.1 Å². The fourth-order valence-corrected chi connectivity index (χ4v) is 2.11. The topological polar surface area (TPSA) is 45.0 Å². The molecule has 0 aliphatic heterocycles. The molecule has 1 aromatic rings. The van der Waals surface area contributed by atoms with Gasteiger partial charge in [0.25, 0.3) is 0 Å². The summed E-state index contributed by atoms with van der Waals surface area (Å²) in [4.78, 5) is 0. The van der Waals surface area contributed by atoms with Gasteiger partial charge in [-0.3, -0.25) is 0 Å². The van der Waals surface area contributed by atoms with Crippen LogP contribution in [0.1, 0.15) is 51.1 Å². The van der Waals surface area contributed by atoms with Crippen molar-refractivity contribution in [3.63, 3.8) is 0 Å². The lowest BCUT2D eigenvalue weighted by molar-refractivity contribution is 0.307. The van der Waals surface area contributed by atoms with Gasteiger partial charge in [-0.25, -0.2) is 0 Å². The third-order valence-electron chi connectivity index (χ3n) is 3.10. The molecule has 0 amide bonds. The minimum atomic E-state index is 0.289. The van der Waals surface area contributed by atoms with Gasteiger partial charge < -0.3 is 10.1 Å². The second-order valence-electron chi connectivity index (χ2n) is 4.83. The highest BCUT2D eigenvalue weighted by atomic mass is 35.5. The largest absolute Gasteiger partial charge is 0.492 e. The lowest BCUT2D eigenvalue weighted by Crippen LogP contribution is -2.19. The predicted molar refractivity (Wildman–Crippen MR) is 83.1 cm³/mol. The van der Waals surface area contributed by atoms with Crippen LogP contribution in [0.2, 0.25) is 5.02 Å². The molecule has 0 bridgehead atoms. The Morgan fingerprint density at radius 1 is 1.40 bits per heavy atom. The lowest BCUT2D eigenvalue weighted by atomic mass is 10.1. The quantitative estimate of drug-likeness (QED) is 0.683. The molecule has 110 valence electrons. The summed E-state index contributed by atoms with van der Waals surface area (Å²) >= 11 is 6.24. The summed E-state index contributed by atoms with van der Waals surface area (Å²) in [5.41, 5.74) is 1.17. The van der Waals surface area contributed by atoms with Crippen LogP contribution in [0.3, 0.4) is 0 Å². The molecule has 4 heteroatoms. The normalized spacial score (nSPS) is 11.9. The highest BCUT2D eigenvalue weighted by Gasteiger charge is 2.08. The molecule has 20 heavy (non-hydrogen) atoms. The van der Waals surface area contributed by atoms with Crippen molar-refractivity contribution in [1.82, 2.24) is 5.32 Å². The van der Waals surface area contributed by atoms with Crippen LogP contribution in [0.4, 0.5) is 0 Å². The molecule has 0 radical (unpaired) electrons. The fourth-order valence-electron chi connectivity index (χ4n) is 1.87. The van der Waals surface area contributed by atoms with Crippen molar-refractivity contribution < 1.29 is 4.74 Å². The zero-order chi connectivity index (χ0) is 14.8. The van der Waals surface area contributed by atoms with Gasteiger partial charge in [0.2, 0.25) is 0 Å². The van der Waals surface area contributed by atoms with E-state index in [0.29, 0.717) is 18.1 Å². The zero-order valence-electron chi connectivity index (χ0n) is 12.3. The van der Waals surface area contributed by atoms with Crippen molar-refractivity contribution in [3.8, 4) is 11.8 Å². The second-order valence-corrected chi connectivity index (χ2v) is 5.24. The molecule has 0 saturated heterocycles. The van der Waals surface area contributed by atoms with Crippen LogP contribution in [-0.2, 0) is 0 Å². The van der Waals surface area contributed by atoms with E-state index in [0.717, 1.165) is 31.6 Å². The highest BCUT2D eigenvalue weighted by molar-refractivity contribution is 6.32. The summed E-state index contributed by atoms with van der Waals surface area (Å²) in [5, 5.41) is 12.5. The number of hydrogen-bond acceptors (Lipinski definition) is 3. The Bertz CT molecular complexity index is 443. The Morgan fingerprint density at radius 2 is 2.20 bits per heavy atom. The van der Waals surface area contributed by atoms with E-state index >= 15 is 0 Å². The SMILES string of the molecule is CCCNC(C)c1ccc(OCCCCC#N)c(Cl)c1. The number of nitriles is 1. The van der Waals surface area contributed by atoms with Crippen LogP contribution in [0.25, 0.3) is 0 Å². The number of nitrogens with zero attached hydrogens (tertiary/aromatic N) is 1. The number of nitrogens with one attached hydrogen (secondary N) is 1. The first kappa shape index (κ1) is 16.8. The molecule has 1 aromatic carbocycles. The van der Waals surface area contributed by atoms with Crippen LogP contribution in [-0.4, -0.2) is 13.2 Å². The minimum Gasteiger partial charge on any atom is -0.492 e. The molecule has 1 atom stereocenters. The van der Waals surface area contributed by atoms with Crippen molar-refractivity contribution in [2.24, 2.45) is 0 Å². The van der Waals surface area contributed by atoms with Gasteiger partial charge in [0.15, 0.2) is 0 Å². The molecule has 0 fully saturated rings. The van der Waals surface area contributed by atoms with Crippen molar-refractivity contribution in [1.29, 1.82) is 5.26 Å². The number of benzene rings is 1. The van der Waals surface area contributed by atoms with Gasteiger partial charge in [-0.15, -0.1) is 0 Å². The van der Waals surface area contributed by atoms with Crippen LogP contribution in [0.5, 0.6) is 5.75 Å². The smallest absolute Gasteiger partial charge is 0.137 e. The van der Waals surface area contributed by atoms with Gasteiger partial charge in [-0.2, -0.15) is 5.26 Å². The average molecular weight is 295 g/mol. The number of ether oxygens (including phenoxy) is 1. The third-order valence-corrected chi connectivity index (χ3v) is 3.39. The molecule has 0 aromatic heterocycles. The van der Waals surface area contributed by atoms with Gasteiger partial charge in [-0.05, 0) is 50.4 Å². The Balaban J connectivity index is 2.49. The molecule has 0 aliphatic rings. The Kier molecular flexibility index (Phi) is 8.10. The molecule has 0 heterocycles. The fraction of sp³-hybridized carbons (Fsp3) is 0.562. The van der Waals surface area contributed by atoms with Gasteiger partial charge >= 0.3 is 0 Å². The van der Waals surface area contributed by atoms with Gasteiger partial charge in [0, 0.05) is 12.5 Å². The Morgan fingerprint density at radius 3 is 2.85 bits per heavy atom. The van der Waals surface area contributed by atoms with E-state index in [-0.39, 0.29) is 6.04 Å². The lowest BCUT2D eigenvalue weighted by Gasteiger charge is -2.15. The summed E-state index contributed by atoms with van der Waals surface area (Å²) in [6.45, 7) is 5.88. The van der Waals surface area contributed by atoms with E-state index in [9.17, 15) is 0 Å². The van der Waals surface area contributed by atoms with Crippen molar-refractivity contribution in [2.45, 2.75) is 45.6 Å². The maximum absolute atomic E-state index is 8.45. The van der Waals surface area contributed by atoms with E-state index in [4.69, 9.17) is 21.6 Å². The molecule has 3 nitrogen and oxygen atoms in total. The highest BCUT2D eigenvalue weighted by Crippen LogP contribution is 2.28. The molecule has 0 aliphatic carbocycles. The van der Waals surface area contributed by atoms with E-state index in [1.54, 1.807) is 0 Å². The molecule has 1 rings (SSSR count). The monoisotopic (exact) mass is 294 g/mol. The van der Waals surface area contributed by atoms with Gasteiger partial charge in [0.1, 0.15) is 5.75 Å². The van der Waals surface area contributed by atoms with Crippen LogP contribution >= 0.6 is 11.6 Å². The second kappa shape index (κ2) is 9.63. The minimum absolute atomic E-state index is 0.289. The van der Waals surface area contributed by atoms with Crippen molar-refractivity contribution in [3.05, 3.63) is 28.8 Å². The van der Waals surface area contributed by atoms with Gasteiger partial charge in [-0.1, -0.05) is 24.6 Å². The van der Waals surface area contributed by atoms with Crippen LogP contribution in [0, 0.1) is 11.3 Å². The molecular formula is C16H23ClN2O. The maximum atomic E-state index is 8.45. The Hall–Kier alpha value is -1.24. The van der Waals surface area contributed by atoms with E-state index in [1.165, 1.54) is 5.56 Å². The maximum Gasteiger partial charge on any atom is 0.137 e. The third kappa shape index (κ3) is 5.81. The summed E-state index contributed by atoms with van der Waals surface area (Å²) in [6.07, 6.45) is 3.43. The van der Waals surface area contributed by atoms with E-state index in [2.05, 4.69) is 25.2 Å². The standard InChI is InChI=1S/C16H23ClN2O/c1-3-10-19-13(2)14-7-8-16(15(17)12-14)20-11-6-4-5-9-18/h7-8,12-13,19H,3-6,10-11H2,1-2H3. The first-order valence-corrected chi connectivity index (χ1v) is 7.59. The van der Waals surface area contributed by atoms with Crippen molar-refractivity contribution >= 4 is 11.6 Å². The molecule has 0 spiro atoms. The molecule has 1 N–H and O–H groups in total. The number of rotatable bonds is 9. The summed E-state index contributed by atoms with van der Waals surface area (Å²) < 4.78 is 5.64. The molecule has 0 saturated carbocycles. The number of unbranched alkanes of at least 4 members (excludes halogenated alkanes) is 2.